The summed E-state index contributed by atoms with van der Waals surface area (Å²) >= 11 is 0. The zero-order chi connectivity index (χ0) is 15.1. The minimum absolute atomic E-state index is 0.232. The van der Waals surface area contributed by atoms with Gasteiger partial charge in [-0.15, -0.1) is 0 Å². The number of anilines is 2. The van der Waals surface area contributed by atoms with E-state index in [0.29, 0.717) is 37.0 Å². The second-order valence-corrected chi connectivity index (χ2v) is 4.60. The van der Waals surface area contributed by atoms with Crippen molar-refractivity contribution in [2.45, 2.75) is 19.8 Å². The monoisotopic (exact) mass is 290 g/mol. The second-order valence-electron chi connectivity index (χ2n) is 4.60. The minimum atomic E-state index is -0.232. The molecule has 2 rings (SSSR count). The Kier molecular flexibility index (Phi) is 5.31. The normalized spacial score (nSPS) is 10.4. The van der Waals surface area contributed by atoms with Crippen LogP contribution in [0.4, 0.5) is 15.9 Å². The van der Waals surface area contributed by atoms with Gasteiger partial charge < -0.3 is 15.8 Å². The smallest absolute Gasteiger partial charge is 0.242 e. The van der Waals surface area contributed by atoms with E-state index >= 15 is 0 Å². The molecule has 0 unspecified atom stereocenters. The molecule has 0 aliphatic rings. The molecule has 3 N–H and O–H groups in total. The van der Waals surface area contributed by atoms with Crippen molar-refractivity contribution in [2.24, 2.45) is 0 Å². The van der Waals surface area contributed by atoms with E-state index in [2.05, 4.69) is 15.3 Å². The highest BCUT2D eigenvalue weighted by molar-refractivity contribution is 5.66. The van der Waals surface area contributed by atoms with Crippen LogP contribution >= 0.6 is 0 Å². The standard InChI is InChI=1S/C15H19FN4O/c1-2-8-21-15-13(17)14(19-10-20-15)18-7-6-11-4-3-5-12(16)9-11/h3-5,9-10H,2,6-8,17H2,1H3,(H,18,19,20). The third kappa shape index (κ3) is 4.30. The molecule has 0 aliphatic heterocycles. The molecule has 1 aromatic heterocycles. The first-order chi connectivity index (χ1) is 10.2. The molecule has 2 aromatic rings. The minimum Gasteiger partial charge on any atom is -0.476 e. The first-order valence-electron chi connectivity index (χ1n) is 6.92. The van der Waals surface area contributed by atoms with Crippen LogP contribution < -0.4 is 15.8 Å². The number of nitrogens with two attached hydrogens (primary N) is 1. The van der Waals surface area contributed by atoms with Crippen molar-refractivity contribution in [2.75, 3.05) is 24.2 Å². The van der Waals surface area contributed by atoms with Gasteiger partial charge in [-0.25, -0.2) is 9.37 Å². The summed E-state index contributed by atoms with van der Waals surface area (Å²) in [6.45, 7) is 3.16. The van der Waals surface area contributed by atoms with Crippen LogP contribution in [-0.4, -0.2) is 23.1 Å². The number of nitrogens with zero attached hydrogens (tertiary/aromatic N) is 2. The summed E-state index contributed by atoms with van der Waals surface area (Å²) in [6, 6.07) is 6.52. The molecular formula is C15H19FN4O. The highest BCUT2D eigenvalue weighted by atomic mass is 19.1. The van der Waals surface area contributed by atoms with Crippen molar-refractivity contribution >= 4 is 11.5 Å². The number of hydrogen-bond acceptors (Lipinski definition) is 5. The molecule has 0 amide bonds. The molecule has 0 radical (unpaired) electrons. The first-order valence-corrected chi connectivity index (χ1v) is 6.92. The van der Waals surface area contributed by atoms with Crippen LogP contribution in [0.2, 0.25) is 0 Å². The van der Waals surface area contributed by atoms with E-state index in [0.717, 1.165) is 12.0 Å². The number of nitrogen functional groups attached to an aromatic ring is 1. The molecule has 0 aliphatic carbocycles. The summed E-state index contributed by atoms with van der Waals surface area (Å²) in [5, 5.41) is 3.12. The van der Waals surface area contributed by atoms with E-state index in [4.69, 9.17) is 10.5 Å². The lowest BCUT2D eigenvalue weighted by atomic mass is 10.1. The Morgan fingerprint density at radius 1 is 1.33 bits per heavy atom. The van der Waals surface area contributed by atoms with E-state index in [1.807, 2.05) is 13.0 Å². The maximum Gasteiger partial charge on any atom is 0.242 e. The SMILES string of the molecule is CCCOc1ncnc(NCCc2cccc(F)c2)c1N. The van der Waals surface area contributed by atoms with Gasteiger partial charge in [0.15, 0.2) is 5.82 Å². The van der Waals surface area contributed by atoms with Crippen molar-refractivity contribution in [1.29, 1.82) is 0 Å². The van der Waals surface area contributed by atoms with E-state index in [-0.39, 0.29) is 5.82 Å². The number of rotatable bonds is 7. The Balaban J connectivity index is 1.94. The van der Waals surface area contributed by atoms with Crippen molar-refractivity contribution in [3.05, 3.63) is 42.0 Å². The first kappa shape index (κ1) is 15.0. The van der Waals surface area contributed by atoms with Gasteiger partial charge in [-0.2, -0.15) is 4.98 Å². The summed E-state index contributed by atoms with van der Waals surface area (Å²) in [6.07, 6.45) is 2.96. The van der Waals surface area contributed by atoms with Gasteiger partial charge in [0, 0.05) is 6.54 Å². The third-order valence-electron chi connectivity index (χ3n) is 2.89. The average Bonchev–Trinajstić information content (AvgIpc) is 2.48. The van der Waals surface area contributed by atoms with E-state index < -0.39 is 0 Å². The molecular weight excluding hydrogens is 271 g/mol. The number of nitrogens with one attached hydrogen (secondary N) is 1. The van der Waals surface area contributed by atoms with Crippen LogP contribution in [0, 0.1) is 5.82 Å². The van der Waals surface area contributed by atoms with Gasteiger partial charge in [-0.3, -0.25) is 0 Å². The highest BCUT2D eigenvalue weighted by Gasteiger charge is 2.08. The summed E-state index contributed by atoms with van der Waals surface area (Å²) in [4.78, 5) is 8.10. The predicted molar refractivity (Wildman–Crippen MR) is 80.8 cm³/mol. The lowest BCUT2D eigenvalue weighted by molar-refractivity contribution is 0.306. The molecule has 0 saturated heterocycles. The molecule has 112 valence electrons. The van der Waals surface area contributed by atoms with Gasteiger partial charge in [0.25, 0.3) is 0 Å². The largest absolute Gasteiger partial charge is 0.476 e. The zero-order valence-corrected chi connectivity index (χ0v) is 12.0. The lowest BCUT2D eigenvalue weighted by Crippen LogP contribution is -2.11. The van der Waals surface area contributed by atoms with Crippen molar-refractivity contribution < 1.29 is 9.13 Å². The predicted octanol–water partition coefficient (Wildman–Crippen LogP) is 2.64. The molecule has 1 heterocycles. The van der Waals surface area contributed by atoms with Crippen LogP contribution in [0.5, 0.6) is 5.88 Å². The Morgan fingerprint density at radius 2 is 2.19 bits per heavy atom. The van der Waals surface area contributed by atoms with E-state index in [9.17, 15) is 4.39 Å². The van der Waals surface area contributed by atoms with Gasteiger partial charge in [0.1, 0.15) is 17.8 Å². The molecule has 0 spiro atoms. The van der Waals surface area contributed by atoms with Crippen molar-refractivity contribution in [1.82, 2.24) is 9.97 Å². The molecule has 0 bridgehead atoms. The van der Waals surface area contributed by atoms with Gasteiger partial charge in [-0.05, 0) is 30.5 Å². The van der Waals surface area contributed by atoms with Crippen LogP contribution in [0.25, 0.3) is 0 Å². The Labute approximate surface area is 123 Å². The topological polar surface area (TPSA) is 73.1 Å². The Hall–Kier alpha value is -2.37. The van der Waals surface area contributed by atoms with Gasteiger partial charge in [0.2, 0.25) is 5.88 Å². The van der Waals surface area contributed by atoms with Gasteiger partial charge in [0.05, 0.1) is 6.61 Å². The second kappa shape index (κ2) is 7.42. The molecule has 1 aromatic carbocycles. The number of benzene rings is 1. The molecule has 5 nitrogen and oxygen atoms in total. The summed E-state index contributed by atoms with van der Waals surface area (Å²) < 4.78 is 18.5. The third-order valence-corrected chi connectivity index (χ3v) is 2.89. The number of halogens is 1. The van der Waals surface area contributed by atoms with E-state index in [1.54, 1.807) is 6.07 Å². The number of aromatic nitrogens is 2. The summed E-state index contributed by atoms with van der Waals surface area (Å²) in [5.41, 5.74) is 7.26. The quantitative estimate of drug-likeness (QED) is 0.820. The molecule has 21 heavy (non-hydrogen) atoms. The molecule has 6 heteroatoms. The van der Waals surface area contributed by atoms with Crippen LogP contribution in [0.1, 0.15) is 18.9 Å². The fourth-order valence-electron chi connectivity index (χ4n) is 1.85. The fraction of sp³-hybridized carbons (Fsp3) is 0.333. The van der Waals surface area contributed by atoms with Crippen molar-refractivity contribution in [3.63, 3.8) is 0 Å². The maximum absolute atomic E-state index is 13.1. The van der Waals surface area contributed by atoms with Gasteiger partial charge >= 0.3 is 0 Å². The number of hydrogen-bond donors (Lipinski definition) is 2. The molecule has 0 saturated carbocycles. The van der Waals surface area contributed by atoms with Gasteiger partial charge in [-0.1, -0.05) is 19.1 Å². The Bertz CT molecular complexity index is 592. The van der Waals surface area contributed by atoms with E-state index in [1.165, 1.54) is 18.5 Å². The lowest BCUT2D eigenvalue weighted by Gasteiger charge is -2.11. The maximum atomic E-state index is 13.1. The Morgan fingerprint density at radius 3 is 2.95 bits per heavy atom. The molecule has 0 atom stereocenters. The zero-order valence-electron chi connectivity index (χ0n) is 12.0. The fourth-order valence-corrected chi connectivity index (χ4v) is 1.85. The summed E-state index contributed by atoms with van der Waals surface area (Å²) in [5.74, 6) is 0.692. The molecule has 0 fully saturated rings. The number of ether oxygens (including phenoxy) is 1. The van der Waals surface area contributed by atoms with Crippen molar-refractivity contribution in [3.8, 4) is 5.88 Å². The highest BCUT2D eigenvalue weighted by Crippen LogP contribution is 2.24. The average molecular weight is 290 g/mol. The van der Waals surface area contributed by atoms with Crippen LogP contribution in [0.15, 0.2) is 30.6 Å². The summed E-state index contributed by atoms with van der Waals surface area (Å²) in [7, 11) is 0. The van der Waals surface area contributed by atoms with Crippen LogP contribution in [-0.2, 0) is 6.42 Å². The van der Waals surface area contributed by atoms with Crippen LogP contribution in [0.3, 0.4) is 0 Å².